The number of benzene rings is 3. The summed E-state index contributed by atoms with van der Waals surface area (Å²) in [6, 6.07) is 3.27. The first-order valence-corrected chi connectivity index (χ1v) is 15.4. The minimum absolute atomic E-state index is 0.0449. The second-order valence-corrected chi connectivity index (χ2v) is 13.9. The lowest BCUT2D eigenvalue weighted by Gasteiger charge is -2.38. The van der Waals surface area contributed by atoms with Crippen molar-refractivity contribution in [3.63, 3.8) is 0 Å². The van der Waals surface area contributed by atoms with E-state index in [9.17, 15) is 15.0 Å². The molecule has 5 nitrogen and oxygen atoms in total. The fourth-order valence-corrected chi connectivity index (χ4v) is 9.33. The van der Waals surface area contributed by atoms with Gasteiger partial charge in [0.05, 0.1) is 32.4 Å². The number of carbonyl (C=O) groups is 1. The predicted octanol–water partition coefficient (Wildman–Crippen LogP) is 9.18. The Bertz CT molecular complexity index is 1400. The van der Waals surface area contributed by atoms with E-state index in [0.717, 1.165) is 0 Å². The van der Waals surface area contributed by atoms with Crippen molar-refractivity contribution in [2.24, 2.45) is 0 Å². The summed E-state index contributed by atoms with van der Waals surface area (Å²) in [5, 5.41) is 21.2. The van der Waals surface area contributed by atoms with Crippen LogP contribution in [0.5, 0.6) is 23.0 Å². The molecular weight excluding hydrogens is 1060 g/mol. The number of carbonyl (C=O) groups excluding carboxylic acids is 1. The molecule has 0 saturated heterocycles. The van der Waals surface area contributed by atoms with Crippen LogP contribution in [0.25, 0.3) is 0 Å². The summed E-state index contributed by atoms with van der Waals surface area (Å²) >= 11 is 26.6. The number of fused-ring (bicyclic) bond motifs is 6. The molecule has 0 bridgehead atoms. The molecule has 1 spiro atoms. The van der Waals surface area contributed by atoms with Gasteiger partial charge in [0.2, 0.25) is 0 Å². The average Bonchev–Trinajstić information content (AvgIpc) is 3.08. The number of rotatable bonds is 0. The number of hydrogen-bond acceptors (Lipinski definition) is 5. The minimum Gasteiger partial charge on any atom is -0.506 e. The zero-order valence-corrected chi connectivity index (χ0v) is 28.9. The van der Waals surface area contributed by atoms with Crippen LogP contribution in [0.15, 0.2) is 30.0 Å². The molecule has 13 heteroatoms. The lowest BCUT2D eigenvalue weighted by molar-refractivity contribution is 0.0221. The lowest BCUT2D eigenvalue weighted by Crippen LogP contribution is -2.34. The van der Waals surface area contributed by atoms with Crippen LogP contribution in [0.3, 0.4) is 0 Å². The number of halogens is 8. The number of aromatic hydroxyl groups is 2. The lowest BCUT2D eigenvalue weighted by atomic mass is 9.77. The summed E-state index contributed by atoms with van der Waals surface area (Å²) < 4.78 is 16.2. The van der Waals surface area contributed by atoms with Crippen molar-refractivity contribution in [3.8, 4) is 23.0 Å². The van der Waals surface area contributed by atoms with Gasteiger partial charge in [-0.1, -0.05) is 11.6 Å². The summed E-state index contributed by atoms with van der Waals surface area (Å²) in [4.78, 5) is 13.4. The molecule has 5 rings (SSSR count). The van der Waals surface area contributed by atoms with E-state index in [-0.39, 0.29) is 22.3 Å². The molecule has 2 N–H and O–H groups in total. The van der Waals surface area contributed by atoms with Crippen LogP contribution in [-0.2, 0) is 10.3 Å². The molecule has 0 saturated carbocycles. The van der Waals surface area contributed by atoms with Gasteiger partial charge in [-0.15, -0.1) is 0 Å². The number of esters is 1. The molecule has 3 aromatic rings. The number of phenols is 2. The summed E-state index contributed by atoms with van der Waals surface area (Å²) in [6.07, 6.45) is 0. The first kappa shape index (κ1) is 25.6. The molecular formula is C20H4Br4ClI3O5. The van der Waals surface area contributed by atoms with E-state index >= 15 is 0 Å². The van der Waals surface area contributed by atoms with Gasteiger partial charge in [-0.3, -0.25) is 0 Å². The van der Waals surface area contributed by atoms with Crippen molar-refractivity contribution in [2.45, 2.75) is 5.60 Å². The third kappa shape index (κ3) is 3.42. The van der Waals surface area contributed by atoms with Gasteiger partial charge < -0.3 is 19.7 Å². The van der Waals surface area contributed by atoms with E-state index < -0.39 is 11.6 Å². The van der Waals surface area contributed by atoms with Crippen molar-refractivity contribution < 1.29 is 24.5 Å². The van der Waals surface area contributed by atoms with Crippen LogP contribution in [0, 0.1) is 10.7 Å². The third-order valence-electron chi connectivity index (χ3n) is 5.33. The van der Waals surface area contributed by atoms with Gasteiger partial charge in [0.25, 0.3) is 0 Å². The maximum atomic E-state index is 13.4. The van der Waals surface area contributed by atoms with E-state index in [4.69, 9.17) is 21.1 Å². The van der Waals surface area contributed by atoms with Gasteiger partial charge in [0, 0.05) is 23.5 Å². The van der Waals surface area contributed by atoms with E-state index in [2.05, 4.69) is 63.7 Å². The molecule has 0 aliphatic carbocycles. The fraction of sp³-hybridized carbons (Fsp3) is 0.0500. The fourth-order valence-electron chi connectivity index (χ4n) is 3.93. The quantitative estimate of drug-likeness (QED) is 0.102. The van der Waals surface area contributed by atoms with Gasteiger partial charge in [-0.05, 0) is 144 Å². The number of phenolic OH excluding ortho intramolecular Hbond substituents is 2. The molecule has 0 aromatic heterocycles. The second kappa shape index (κ2) is 8.75. The zero-order valence-electron chi connectivity index (χ0n) is 15.3. The Morgan fingerprint density at radius 2 is 1.39 bits per heavy atom. The van der Waals surface area contributed by atoms with Crippen LogP contribution in [-0.4, -0.2) is 16.2 Å². The Hall–Kier alpha value is 0.930. The Kier molecular flexibility index (Phi) is 6.78. The van der Waals surface area contributed by atoms with Crippen molar-refractivity contribution in [2.75, 3.05) is 0 Å². The normalized spacial score (nSPS) is 18.0. The first-order valence-electron chi connectivity index (χ1n) is 8.63. The number of hydrogen-bond donors (Lipinski definition) is 2. The SMILES string of the molecule is O=C1OC2(c3cc(Cl)c(O)c(I)c3Oc3c2cc(I)c(O)c3I)c2c(Br)c(Br)c(Br)c(Br)c21. The van der Waals surface area contributed by atoms with Crippen molar-refractivity contribution in [1.82, 2.24) is 0 Å². The molecule has 2 heterocycles. The van der Waals surface area contributed by atoms with E-state index in [0.29, 0.717) is 56.6 Å². The van der Waals surface area contributed by atoms with Gasteiger partial charge in [0.1, 0.15) is 5.75 Å². The Morgan fingerprint density at radius 1 is 0.848 bits per heavy atom. The zero-order chi connectivity index (χ0) is 24.1. The molecule has 33 heavy (non-hydrogen) atoms. The standard InChI is InChI=1S/C20H4Br4ClI3O5/c21-9-7-8(10(22)12(24)11(9)23)20(33-19(7)31)3-1-5(25)15(29)13(27)17(3)32-18-4(20)2-6(26)16(30)14(18)28/h1-2,29-30H. The topological polar surface area (TPSA) is 76.0 Å². The van der Waals surface area contributed by atoms with Crippen molar-refractivity contribution >= 4 is 149 Å². The Labute approximate surface area is 266 Å². The van der Waals surface area contributed by atoms with E-state index in [1.165, 1.54) is 0 Å². The Morgan fingerprint density at radius 3 is 2.03 bits per heavy atom. The van der Waals surface area contributed by atoms with Crippen LogP contribution >= 0.6 is 143 Å². The second-order valence-electron chi connectivity index (χ2n) is 6.97. The summed E-state index contributed by atoms with van der Waals surface area (Å²) in [6.45, 7) is 0. The van der Waals surface area contributed by atoms with E-state index in [1.807, 2.05) is 67.8 Å². The predicted molar refractivity (Wildman–Crippen MR) is 162 cm³/mol. The molecule has 3 aromatic carbocycles. The molecule has 170 valence electrons. The highest BCUT2D eigenvalue weighted by atomic mass is 127. The largest absolute Gasteiger partial charge is 0.506 e. The molecule has 0 amide bonds. The summed E-state index contributed by atoms with van der Waals surface area (Å²) in [7, 11) is 0. The van der Waals surface area contributed by atoms with Gasteiger partial charge in [-0.2, -0.15) is 0 Å². The Balaban J connectivity index is 2.05. The minimum atomic E-state index is -1.47. The monoisotopic (exact) mass is 1060 g/mol. The van der Waals surface area contributed by atoms with Crippen LogP contribution in [0.1, 0.15) is 27.0 Å². The first-order chi connectivity index (χ1) is 15.4. The molecule has 2 aliphatic heterocycles. The van der Waals surface area contributed by atoms with Gasteiger partial charge in [-0.25, -0.2) is 4.79 Å². The van der Waals surface area contributed by atoms with Gasteiger partial charge in [0.15, 0.2) is 22.8 Å². The van der Waals surface area contributed by atoms with Crippen molar-refractivity contribution in [3.05, 3.63) is 68.0 Å². The summed E-state index contributed by atoms with van der Waals surface area (Å²) in [5.74, 6) is -0.0545. The van der Waals surface area contributed by atoms with Crippen LogP contribution in [0.2, 0.25) is 5.02 Å². The highest BCUT2D eigenvalue weighted by Crippen LogP contribution is 2.63. The number of ether oxygens (including phenoxy) is 2. The highest BCUT2D eigenvalue weighted by Gasteiger charge is 2.57. The molecule has 1 atom stereocenters. The maximum absolute atomic E-state index is 13.4. The van der Waals surface area contributed by atoms with Crippen LogP contribution < -0.4 is 4.74 Å². The average molecular weight is 1060 g/mol. The molecule has 0 fully saturated rings. The summed E-state index contributed by atoms with van der Waals surface area (Å²) in [5.41, 5.74) is 0.370. The van der Waals surface area contributed by atoms with Gasteiger partial charge >= 0.3 is 5.97 Å². The van der Waals surface area contributed by atoms with E-state index in [1.54, 1.807) is 12.1 Å². The highest BCUT2D eigenvalue weighted by molar-refractivity contribution is 14.1. The smallest absolute Gasteiger partial charge is 0.341 e. The van der Waals surface area contributed by atoms with Crippen LogP contribution in [0.4, 0.5) is 0 Å². The molecule has 0 radical (unpaired) electrons. The molecule has 1 unspecified atom stereocenters. The molecule has 2 aliphatic rings. The third-order valence-corrected chi connectivity index (χ3v) is 13.2. The maximum Gasteiger partial charge on any atom is 0.341 e. The van der Waals surface area contributed by atoms with Crippen molar-refractivity contribution in [1.29, 1.82) is 0 Å².